The third-order valence-corrected chi connectivity index (χ3v) is 5.83. The zero-order valence-corrected chi connectivity index (χ0v) is 15.6. The summed E-state index contributed by atoms with van der Waals surface area (Å²) < 4.78 is 0. The lowest BCUT2D eigenvalue weighted by molar-refractivity contribution is 0.0113. The average Bonchev–Trinajstić information content (AvgIpc) is 3.20. The molecule has 2 saturated heterocycles. The van der Waals surface area contributed by atoms with Crippen LogP contribution in [0.2, 0.25) is 0 Å². The molecule has 1 N–H and O–H groups in total. The van der Waals surface area contributed by atoms with Crippen LogP contribution in [-0.2, 0) is 5.60 Å². The van der Waals surface area contributed by atoms with Crippen LogP contribution in [0.15, 0.2) is 24.5 Å². The van der Waals surface area contributed by atoms with Crippen molar-refractivity contribution in [3.8, 4) is 0 Å². The fourth-order valence-corrected chi connectivity index (χ4v) is 3.98. The molecule has 0 atom stereocenters. The summed E-state index contributed by atoms with van der Waals surface area (Å²) in [6, 6.07) is 3.86. The van der Waals surface area contributed by atoms with Crippen molar-refractivity contribution in [2.75, 3.05) is 36.0 Å². The fraction of sp³-hybridized carbons (Fsp3) is 0.550. The highest BCUT2D eigenvalue weighted by molar-refractivity contribution is 5.53. The van der Waals surface area contributed by atoms with E-state index in [9.17, 15) is 5.11 Å². The lowest BCUT2D eigenvalue weighted by atomic mass is 9.85. The van der Waals surface area contributed by atoms with Crippen LogP contribution in [0, 0.1) is 13.8 Å². The Morgan fingerprint density at radius 3 is 2.38 bits per heavy atom. The van der Waals surface area contributed by atoms with E-state index in [4.69, 9.17) is 9.97 Å². The van der Waals surface area contributed by atoms with Crippen LogP contribution >= 0.6 is 0 Å². The molecule has 2 aliphatic rings. The second kappa shape index (κ2) is 6.83. The van der Waals surface area contributed by atoms with E-state index in [1.807, 2.05) is 12.1 Å². The van der Waals surface area contributed by atoms with Gasteiger partial charge in [0, 0.05) is 55.4 Å². The number of anilines is 2. The van der Waals surface area contributed by atoms with Gasteiger partial charge >= 0.3 is 0 Å². The average molecular weight is 353 g/mol. The maximum absolute atomic E-state index is 11.1. The van der Waals surface area contributed by atoms with Crippen molar-refractivity contribution in [2.24, 2.45) is 0 Å². The first kappa shape index (κ1) is 17.2. The quantitative estimate of drug-likeness (QED) is 0.915. The Kier molecular flexibility index (Phi) is 4.53. The molecule has 0 spiro atoms. The first-order valence-electron chi connectivity index (χ1n) is 9.55. The molecule has 2 aromatic heterocycles. The zero-order chi connectivity index (χ0) is 18.1. The Morgan fingerprint density at radius 2 is 1.73 bits per heavy atom. The second-order valence-corrected chi connectivity index (χ2v) is 7.51. The molecule has 6 heteroatoms. The third-order valence-electron chi connectivity index (χ3n) is 5.83. The summed E-state index contributed by atoms with van der Waals surface area (Å²) in [6.45, 7) is 7.81. The molecule has 0 aromatic carbocycles. The molecule has 2 aliphatic heterocycles. The Balaban J connectivity index is 1.56. The third kappa shape index (κ3) is 3.14. The Hall–Kier alpha value is -2.21. The van der Waals surface area contributed by atoms with E-state index < -0.39 is 5.60 Å². The highest BCUT2D eigenvalue weighted by atomic mass is 16.3. The maximum atomic E-state index is 11.1. The molecule has 2 aromatic rings. The van der Waals surface area contributed by atoms with E-state index in [-0.39, 0.29) is 0 Å². The summed E-state index contributed by atoms with van der Waals surface area (Å²) in [7, 11) is 0. The van der Waals surface area contributed by atoms with Crippen molar-refractivity contribution < 1.29 is 5.11 Å². The van der Waals surface area contributed by atoms with Crippen LogP contribution in [0.4, 0.5) is 11.8 Å². The van der Waals surface area contributed by atoms with Crippen LogP contribution in [0.3, 0.4) is 0 Å². The van der Waals surface area contributed by atoms with Gasteiger partial charge in [-0.1, -0.05) is 6.07 Å². The molecular formula is C20H27N5O. The number of hydrogen-bond acceptors (Lipinski definition) is 6. The van der Waals surface area contributed by atoms with Crippen molar-refractivity contribution in [1.29, 1.82) is 0 Å². The Morgan fingerprint density at radius 1 is 1.00 bits per heavy atom. The van der Waals surface area contributed by atoms with E-state index in [0.29, 0.717) is 12.8 Å². The largest absolute Gasteiger partial charge is 0.385 e. The van der Waals surface area contributed by atoms with E-state index in [0.717, 1.165) is 54.8 Å². The Bertz CT molecular complexity index is 765. The molecular weight excluding hydrogens is 326 g/mol. The van der Waals surface area contributed by atoms with Crippen LogP contribution in [0.1, 0.15) is 42.5 Å². The highest BCUT2D eigenvalue weighted by Gasteiger charge is 2.35. The molecule has 138 valence electrons. The molecule has 4 rings (SSSR count). The minimum absolute atomic E-state index is 0.681. The van der Waals surface area contributed by atoms with Gasteiger partial charge in [-0.3, -0.25) is 4.98 Å². The topological polar surface area (TPSA) is 65.4 Å². The fourth-order valence-electron chi connectivity index (χ4n) is 3.98. The summed E-state index contributed by atoms with van der Waals surface area (Å²) in [4.78, 5) is 18.4. The van der Waals surface area contributed by atoms with Crippen LogP contribution < -0.4 is 9.80 Å². The van der Waals surface area contributed by atoms with E-state index in [1.54, 1.807) is 12.4 Å². The molecule has 0 saturated carbocycles. The number of piperidine rings is 1. The first-order chi connectivity index (χ1) is 12.6. The lowest BCUT2D eigenvalue weighted by Gasteiger charge is -2.39. The van der Waals surface area contributed by atoms with Gasteiger partial charge in [-0.15, -0.1) is 0 Å². The minimum Gasteiger partial charge on any atom is -0.385 e. The Labute approximate surface area is 154 Å². The van der Waals surface area contributed by atoms with Crippen molar-refractivity contribution in [2.45, 2.75) is 45.1 Å². The smallest absolute Gasteiger partial charge is 0.227 e. The predicted molar refractivity (Wildman–Crippen MR) is 103 cm³/mol. The van der Waals surface area contributed by atoms with Crippen molar-refractivity contribution >= 4 is 11.8 Å². The van der Waals surface area contributed by atoms with Gasteiger partial charge < -0.3 is 14.9 Å². The number of nitrogens with zero attached hydrogens (tertiary/aromatic N) is 5. The summed E-state index contributed by atoms with van der Waals surface area (Å²) >= 11 is 0. The molecule has 2 fully saturated rings. The zero-order valence-electron chi connectivity index (χ0n) is 15.6. The molecule has 0 unspecified atom stereocenters. The number of hydrogen-bond donors (Lipinski definition) is 1. The molecule has 6 nitrogen and oxygen atoms in total. The normalized spacial score (nSPS) is 19.8. The number of aromatic nitrogens is 3. The molecule has 0 aliphatic carbocycles. The van der Waals surface area contributed by atoms with E-state index in [1.165, 1.54) is 12.8 Å². The molecule has 0 amide bonds. The van der Waals surface area contributed by atoms with Gasteiger partial charge in [0.1, 0.15) is 5.82 Å². The molecule has 0 radical (unpaired) electrons. The summed E-state index contributed by atoms with van der Waals surface area (Å²) in [5, 5.41) is 11.1. The standard InChI is InChI=1S/C20H27N5O/c1-15-16(2)22-19(25-10-3-4-11-25)23-18(15)24-12-7-20(26,8-13-24)17-6-5-9-21-14-17/h5-6,9,14,26H,3-4,7-8,10-13H2,1-2H3. The van der Waals surface area contributed by atoms with Gasteiger partial charge in [-0.05, 0) is 45.6 Å². The SMILES string of the molecule is Cc1nc(N2CCCC2)nc(N2CCC(O)(c3cccnc3)CC2)c1C. The lowest BCUT2D eigenvalue weighted by Crippen LogP contribution is -2.43. The van der Waals surface area contributed by atoms with E-state index in [2.05, 4.69) is 28.6 Å². The monoisotopic (exact) mass is 353 g/mol. The minimum atomic E-state index is -0.793. The molecule has 26 heavy (non-hydrogen) atoms. The number of aryl methyl sites for hydroxylation is 1. The number of aliphatic hydroxyl groups is 1. The van der Waals surface area contributed by atoms with Crippen LogP contribution in [0.5, 0.6) is 0 Å². The second-order valence-electron chi connectivity index (χ2n) is 7.51. The molecule has 4 heterocycles. The predicted octanol–water partition coefficient (Wildman–Crippen LogP) is 2.58. The highest BCUT2D eigenvalue weighted by Crippen LogP contribution is 2.35. The van der Waals surface area contributed by atoms with E-state index >= 15 is 0 Å². The van der Waals surface area contributed by atoms with Crippen LogP contribution in [0.25, 0.3) is 0 Å². The van der Waals surface area contributed by atoms with Gasteiger partial charge in [0.2, 0.25) is 5.95 Å². The van der Waals surface area contributed by atoms with Gasteiger partial charge in [0.15, 0.2) is 0 Å². The summed E-state index contributed by atoms with van der Waals surface area (Å²) in [5.74, 6) is 1.88. The summed E-state index contributed by atoms with van der Waals surface area (Å²) in [5.41, 5.74) is 2.30. The molecule has 0 bridgehead atoms. The van der Waals surface area contributed by atoms with Crippen LogP contribution in [-0.4, -0.2) is 46.2 Å². The van der Waals surface area contributed by atoms with Gasteiger partial charge in [-0.2, -0.15) is 4.98 Å². The van der Waals surface area contributed by atoms with Crippen molar-refractivity contribution in [3.05, 3.63) is 41.3 Å². The van der Waals surface area contributed by atoms with Crippen molar-refractivity contribution in [3.63, 3.8) is 0 Å². The van der Waals surface area contributed by atoms with Gasteiger partial charge in [0.05, 0.1) is 5.60 Å². The number of pyridine rings is 1. The number of rotatable bonds is 3. The van der Waals surface area contributed by atoms with Gasteiger partial charge in [0.25, 0.3) is 0 Å². The first-order valence-corrected chi connectivity index (χ1v) is 9.55. The maximum Gasteiger partial charge on any atom is 0.227 e. The summed E-state index contributed by atoms with van der Waals surface area (Å²) in [6.07, 6.45) is 7.32. The van der Waals surface area contributed by atoms with Gasteiger partial charge in [-0.25, -0.2) is 4.98 Å². The van der Waals surface area contributed by atoms with Crippen molar-refractivity contribution in [1.82, 2.24) is 15.0 Å².